The van der Waals surface area contributed by atoms with Crippen LogP contribution in [0.4, 0.5) is 0 Å². The predicted molar refractivity (Wildman–Crippen MR) is 96.0 cm³/mol. The van der Waals surface area contributed by atoms with Crippen LogP contribution in [0.5, 0.6) is 5.75 Å². The minimum absolute atomic E-state index is 0.421. The molecule has 0 spiro atoms. The molecular formula is C20H32N2O. The molecule has 0 aromatic heterocycles. The lowest BCUT2D eigenvalue weighted by Gasteiger charge is -2.29. The smallest absolute Gasteiger partial charge is 0.119 e. The van der Waals surface area contributed by atoms with Crippen molar-refractivity contribution in [2.45, 2.75) is 63.3 Å². The molecule has 3 nitrogen and oxygen atoms in total. The highest BCUT2D eigenvalue weighted by molar-refractivity contribution is 5.29. The third-order valence-electron chi connectivity index (χ3n) is 5.48. The maximum atomic E-state index is 5.94. The molecule has 1 saturated heterocycles. The van der Waals surface area contributed by atoms with Gasteiger partial charge in [-0.2, -0.15) is 0 Å². The van der Waals surface area contributed by atoms with Crippen LogP contribution in [0, 0.1) is 0 Å². The van der Waals surface area contributed by atoms with E-state index in [0.717, 1.165) is 57.2 Å². The van der Waals surface area contributed by atoms with Crippen LogP contribution in [0.1, 0.15) is 62.8 Å². The lowest BCUT2D eigenvalue weighted by Crippen LogP contribution is -2.40. The Morgan fingerprint density at radius 3 is 2.35 bits per heavy atom. The van der Waals surface area contributed by atoms with Gasteiger partial charge < -0.3 is 15.4 Å². The normalized spacial score (nSPS) is 21.4. The standard InChI is InChI=1S/C20H32N2O/c21-19-11-14-22(15-12-19)13-4-16-23-20-9-7-18(8-10-20)17-5-2-1-3-6-17/h7-10,17,19H,1-6,11-16,21H2. The number of likely N-dealkylation sites (tertiary alicyclic amines) is 1. The fourth-order valence-electron chi connectivity index (χ4n) is 3.93. The molecule has 23 heavy (non-hydrogen) atoms. The number of hydrogen-bond donors (Lipinski definition) is 1. The number of nitrogens with two attached hydrogens (primary N) is 1. The van der Waals surface area contributed by atoms with Crippen molar-refractivity contribution in [1.29, 1.82) is 0 Å². The van der Waals surface area contributed by atoms with Crippen molar-refractivity contribution in [2.75, 3.05) is 26.2 Å². The van der Waals surface area contributed by atoms with E-state index in [1.807, 2.05) is 0 Å². The summed E-state index contributed by atoms with van der Waals surface area (Å²) < 4.78 is 5.91. The van der Waals surface area contributed by atoms with Gasteiger partial charge in [0.25, 0.3) is 0 Å². The minimum atomic E-state index is 0.421. The van der Waals surface area contributed by atoms with Gasteiger partial charge in [-0.3, -0.25) is 0 Å². The van der Waals surface area contributed by atoms with Crippen molar-refractivity contribution < 1.29 is 4.74 Å². The SMILES string of the molecule is NC1CCN(CCCOc2ccc(C3CCCCC3)cc2)CC1. The molecule has 2 aliphatic rings. The zero-order valence-electron chi connectivity index (χ0n) is 14.4. The van der Waals surface area contributed by atoms with Crippen LogP contribution in [0.15, 0.2) is 24.3 Å². The van der Waals surface area contributed by atoms with Gasteiger partial charge >= 0.3 is 0 Å². The first-order valence-corrected chi connectivity index (χ1v) is 9.52. The van der Waals surface area contributed by atoms with Crippen LogP contribution >= 0.6 is 0 Å². The zero-order valence-corrected chi connectivity index (χ0v) is 14.4. The van der Waals surface area contributed by atoms with E-state index in [0.29, 0.717) is 6.04 Å². The molecule has 0 unspecified atom stereocenters. The third-order valence-corrected chi connectivity index (χ3v) is 5.48. The molecule has 2 N–H and O–H groups in total. The Balaban J connectivity index is 1.35. The second-order valence-corrected chi connectivity index (χ2v) is 7.29. The Kier molecular flexibility index (Phi) is 6.35. The second-order valence-electron chi connectivity index (χ2n) is 7.29. The molecule has 1 aromatic carbocycles. The Labute approximate surface area is 141 Å². The van der Waals surface area contributed by atoms with Gasteiger partial charge in [0.05, 0.1) is 6.61 Å². The van der Waals surface area contributed by atoms with Gasteiger partial charge in [-0.15, -0.1) is 0 Å². The van der Waals surface area contributed by atoms with Gasteiger partial charge in [-0.1, -0.05) is 31.4 Å². The molecule has 3 rings (SSSR count). The molecule has 2 fully saturated rings. The summed E-state index contributed by atoms with van der Waals surface area (Å²) in [4.78, 5) is 2.51. The van der Waals surface area contributed by atoms with Gasteiger partial charge in [0.15, 0.2) is 0 Å². The summed E-state index contributed by atoms with van der Waals surface area (Å²) in [6.07, 6.45) is 10.3. The molecule has 0 bridgehead atoms. The Morgan fingerprint density at radius 2 is 1.65 bits per heavy atom. The highest BCUT2D eigenvalue weighted by Crippen LogP contribution is 2.33. The first-order valence-electron chi connectivity index (χ1n) is 9.52. The summed E-state index contributed by atoms with van der Waals surface area (Å²) in [5.41, 5.74) is 7.44. The molecule has 1 aliphatic carbocycles. The van der Waals surface area contributed by atoms with Gasteiger partial charge in [-0.25, -0.2) is 0 Å². The van der Waals surface area contributed by atoms with Crippen LogP contribution in [0.3, 0.4) is 0 Å². The molecular weight excluding hydrogens is 284 g/mol. The number of piperidine rings is 1. The van der Waals surface area contributed by atoms with Crippen LogP contribution in [0.2, 0.25) is 0 Å². The highest BCUT2D eigenvalue weighted by atomic mass is 16.5. The number of hydrogen-bond acceptors (Lipinski definition) is 3. The monoisotopic (exact) mass is 316 g/mol. The largest absolute Gasteiger partial charge is 0.494 e. The molecule has 1 aliphatic heterocycles. The number of benzene rings is 1. The summed E-state index contributed by atoms with van der Waals surface area (Å²) in [7, 11) is 0. The predicted octanol–water partition coefficient (Wildman–Crippen LogP) is 3.93. The molecule has 1 heterocycles. The van der Waals surface area contributed by atoms with Crippen molar-refractivity contribution in [2.24, 2.45) is 5.73 Å². The van der Waals surface area contributed by atoms with Crippen molar-refractivity contribution in [1.82, 2.24) is 4.90 Å². The summed E-state index contributed by atoms with van der Waals surface area (Å²) in [5.74, 6) is 1.80. The second kappa shape index (κ2) is 8.70. The Bertz CT molecular complexity index is 445. The molecule has 0 atom stereocenters. The van der Waals surface area contributed by atoms with E-state index in [1.165, 1.54) is 37.7 Å². The van der Waals surface area contributed by atoms with Crippen LogP contribution in [-0.4, -0.2) is 37.2 Å². The fraction of sp³-hybridized carbons (Fsp3) is 0.700. The van der Waals surface area contributed by atoms with Crippen molar-refractivity contribution in [3.05, 3.63) is 29.8 Å². The van der Waals surface area contributed by atoms with Gasteiger partial charge in [-0.05, 0) is 68.8 Å². The van der Waals surface area contributed by atoms with E-state index < -0.39 is 0 Å². The van der Waals surface area contributed by atoms with Gasteiger partial charge in [0, 0.05) is 12.6 Å². The Morgan fingerprint density at radius 1 is 0.957 bits per heavy atom. The van der Waals surface area contributed by atoms with Gasteiger partial charge in [0.1, 0.15) is 5.75 Å². The van der Waals surface area contributed by atoms with E-state index in [-0.39, 0.29) is 0 Å². The maximum absolute atomic E-state index is 5.94. The van der Waals surface area contributed by atoms with Crippen LogP contribution in [-0.2, 0) is 0 Å². The maximum Gasteiger partial charge on any atom is 0.119 e. The molecule has 1 aromatic rings. The molecule has 0 radical (unpaired) electrons. The number of nitrogens with zero attached hydrogens (tertiary/aromatic N) is 1. The number of ether oxygens (including phenoxy) is 1. The van der Waals surface area contributed by atoms with Crippen LogP contribution in [0.25, 0.3) is 0 Å². The lowest BCUT2D eigenvalue weighted by molar-refractivity contribution is 0.194. The average Bonchev–Trinajstić information content (AvgIpc) is 2.62. The van der Waals surface area contributed by atoms with E-state index in [4.69, 9.17) is 10.5 Å². The van der Waals surface area contributed by atoms with Crippen molar-refractivity contribution in [3.8, 4) is 5.75 Å². The topological polar surface area (TPSA) is 38.5 Å². The van der Waals surface area contributed by atoms with Crippen LogP contribution < -0.4 is 10.5 Å². The van der Waals surface area contributed by atoms with E-state index in [9.17, 15) is 0 Å². The molecule has 128 valence electrons. The van der Waals surface area contributed by atoms with Crippen molar-refractivity contribution in [3.63, 3.8) is 0 Å². The quantitative estimate of drug-likeness (QED) is 0.808. The third kappa shape index (κ3) is 5.22. The van der Waals surface area contributed by atoms with E-state index >= 15 is 0 Å². The first-order chi connectivity index (χ1) is 11.3. The van der Waals surface area contributed by atoms with Gasteiger partial charge in [0.2, 0.25) is 0 Å². The van der Waals surface area contributed by atoms with E-state index in [1.54, 1.807) is 0 Å². The first kappa shape index (κ1) is 16.8. The van der Waals surface area contributed by atoms with E-state index in [2.05, 4.69) is 29.2 Å². The zero-order chi connectivity index (χ0) is 15.9. The lowest BCUT2D eigenvalue weighted by atomic mass is 9.84. The highest BCUT2D eigenvalue weighted by Gasteiger charge is 2.16. The minimum Gasteiger partial charge on any atom is -0.494 e. The average molecular weight is 316 g/mol. The summed E-state index contributed by atoms with van der Waals surface area (Å²) in [5, 5.41) is 0. The summed E-state index contributed by atoms with van der Waals surface area (Å²) >= 11 is 0. The molecule has 3 heteroatoms. The fourth-order valence-corrected chi connectivity index (χ4v) is 3.93. The molecule has 0 amide bonds. The Hall–Kier alpha value is -1.06. The van der Waals surface area contributed by atoms with Crippen molar-refractivity contribution >= 4 is 0 Å². The molecule has 1 saturated carbocycles. The summed E-state index contributed by atoms with van der Waals surface area (Å²) in [6.45, 7) is 4.24. The summed E-state index contributed by atoms with van der Waals surface area (Å²) in [6, 6.07) is 9.28. The number of rotatable bonds is 6.